The van der Waals surface area contributed by atoms with Gasteiger partial charge in [0, 0.05) is 19.0 Å². The smallest absolute Gasteiger partial charge is 0.154 e. The summed E-state index contributed by atoms with van der Waals surface area (Å²) in [7, 11) is 1.85. The van der Waals surface area contributed by atoms with Crippen molar-refractivity contribution in [1.29, 1.82) is 0 Å². The molecule has 86 valence electrons. The molecule has 4 nitrogen and oxygen atoms in total. The highest BCUT2D eigenvalue weighted by Gasteiger charge is 2.16. The van der Waals surface area contributed by atoms with Gasteiger partial charge in [-0.15, -0.1) is 0 Å². The average Bonchev–Trinajstić information content (AvgIpc) is 2.85. The maximum absolute atomic E-state index is 5.95. The predicted octanol–water partition coefficient (Wildman–Crippen LogP) is 2.39. The predicted molar refractivity (Wildman–Crippen MR) is 64.1 cm³/mol. The Kier molecular flexibility index (Phi) is 2.73. The fourth-order valence-electron chi connectivity index (χ4n) is 1.82. The monoisotopic (exact) mass is 219 g/mol. The number of aromatic nitrogens is 2. The number of anilines is 1. The highest BCUT2D eigenvalue weighted by atomic mass is 16.3. The van der Waals surface area contributed by atoms with E-state index in [1.807, 2.05) is 19.2 Å². The molecule has 2 aromatic rings. The lowest BCUT2D eigenvalue weighted by atomic mass is 10.1. The minimum absolute atomic E-state index is 0.715. The first-order chi connectivity index (χ1) is 7.67. The Bertz CT molecular complexity index is 496. The van der Waals surface area contributed by atoms with Crippen molar-refractivity contribution in [2.24, 2.45) is 7.05 Å². The van der Waals surface area contributed by atoms with Crippen LogP contribution in [0.1, 0.15) is 25.2 Å². The molecule has 0 bridgehead atoms. The minimum atomic E-state index is 0.715. The molecule has 2 aromatic heterocycles. The molecule has 0 saturated carbocycles. The Balaban J connectivity index is 2.50. The number of hydrogen-bond acceptors (Lipinski definition) is 3. The molecule has 0 amide bonds. The Hall–Kier alpha value is -1.71. The zero-order valence-corrected chi connectivity index (χ0v) is 9.95. The third kappa shape index (κ3) is 1.60. The molecule has 4 heteroatoms. The summed E-state index contributed by atoms with van der Waals surface area (Å²) >= 11 is 0. The second kappa shape index (κ2) is 4.04. The molecule has 0 aliphatic heterocycles. The van der Waals surface area contributed by atoms with Crippen molar-refractivity contribution in [3.8, 4) is 11.5 Å². The molecule has 0 aliphatic carbocycles. The van der Waals surface area contributed by atoms with Gasteiger partial charge in [-0.05, 0) is 18.6 Å². The van der Waals surface area contributed by atoms with Gasteiger partial charge in [0.15, 0.2) is 5.76 Å². The van der Waals surface area contributed by atoms with Crippen LogP contribution in [0.5, 0.6) is 0 Å². The Morgan fingerprint density at radius 2 is 2.06 bits per heavy atom. The summed E-state index contributed by atoms with van der Waals surface area (Å²) in [6.07, 6.45) is 1.75. The summed E-state index contributed by atoms with van der Waals surface area (Å²) in [5, 5.41) is 4.40. The topological polar surface area (TPSA) is 57.0 Å². The lowest BCUT2D eigenvalue weighted by Crippen LogP contribution is -1.98. The van der Waals surface area contributed by atoms with E-state index in [1.165, 1.54) is 0 Å². The van der Waals surface area contributed by atoms with Gasteiger partial charge in [-0.25, -0.2) is 0 Å². The van der Waals surface area contributed by atoms with Crippen LogP contribution < -0.4 is 5.73 Å². The first-order valence-electron chi connectivity index (χ1n) is 5.57. The van der Waals surface area contributed by atoms with Crippen LogP contribution >= 0.6 is 0 Å². The van der Waals surface area contributed by atoms with Crippen LogP contribution in [-0.4, -0.2) is 9.78 Å². The van der Waals surface area contributed by atoms with E-state index in [0.29, 0.717) is 5.82 Å². The maximum atomic E-state index is 5.95. The molecule has 0 saturated heterocycles. The number of aryl methyl sites for hydroxylation is 2. The van der Waals surface area contributed by atoms with Crippen LogP contribution in [0.3, 0.4) is 0 Å². The maximum Gasteiger partial charge on any atom is 0.154 e. The molecule has 0 unspecified atom stereocenters. The van der Waals surface area contributed by atoms with Gasteiger partial charge in [-0.3, -0.25) is 4.68 Å². The molecule has 0 aromatic carbocycles. The van der Waals surface area contributed by atoms with E-state index in [1.54, 1.807) is 4.68 Å². The Morgan fingerprint density at radius 1 is 1.31 bits per heavy atom. The van der Waals surface area contributed by atoms with Crippen LogP contribution in [0.15, 0.2) is 16.5 Å². The number of nitrogens with zero attached hydrogens (tertiary/aromatic N) is 2. The van der Waals surface area contributed by atoms with Gasteiger partial charge in [-0.1, -0.05) is 13.8 Å². The van der Waals surface area contributed by atoms with Crippen LogP contribution in [0, 0.1) is 0 Å². The van der Waals surface area contributed by atoms with Crippen molar-refractivity contribution in [3.05, 3.63) is 23.5 Å². The normalized spacial score (nSPS) is 10.9. The molecule has 0 atom stereocenters. The van der Waals surface area contributed by atoms with Crippen LogP contribution in [0.4, 0.5) is 5.82 Å². The summed E-state index contributed by atoms with van der Waals surface area (Å²) in [6.45, 7) is 4.14. The Morgan fingerprint density at radius 3 is 2.62 bits per heavy atom. The van der Waals surface area contributed by atoms with Gasteiger partial charge in [-0.2, -0.15) is 5.10 Å². The lowest BCUT2D eigenvalue weighted by Gasteiger charge is -1.97. The standard InChI is InChI=1S/C12H17N3O/c1-4-8-6-7-10(16-8)11-9(5-2)12(13)15(3)14-11/h6-7H,4-5,13H2,1-3H3. The van der Waals surface area contributed by atoms with Crippen molar-refractivity contribution in [3.63, 3.8) is 0 Å². The van der Waals surface area contributed by atoms with Gasteiger partial charge in [0.05, 0.1) is 0 Å². The Labute approximate surface area is 95.1 Å². The fourth-order valence-corrected chi connectivity index (χ4v) is 1.82. The van der Waals surface area contributed by atoms with Crippen LogP contribution in [-0.2, 0) is 19.9 Å². The number of hydrogen-bond donors (Lipinski definition) is 1. The molecule has 0 aliphatic rings. The summed E-state index contributed by atoms with van der Waals surface area (Å²) in [5.74, 6) is 2.49. The number of nitrogens with two attached hydrogens (primary N) is 1. The van der Waals surface area contributed by atoms with E-state index in [-0.39, 0.29) is 0 Å². The minimum Gasteiger partial charge on any atom is -0.459 e. The van der Waals surface area contributed by atoms with E-state index in [0.717, 1.165) is 35.6 Å². The first-order valence-corrected chi connectivity index (χ1v) is 5.57. The zero-order valence-electron chi connectivity index (χ0n) is 9.95. The first kappa shape index (κ1) is 10.8. The molecule has 16 heavy (non-hydrogen) atoms. The molecule has 2 rings (SSSR count). The summed E-state index contributed by atoms with van der Waals surface area (Å²) in [4.78, 5) is 0. The molecule has 0 fully saturated rings. The van der Waals surface area contributed by atoms with E-state index in [2.05, 4.69) is 18.9 Å². The van der Waals surface area contributed by atoms with Crippen molar-refractivity contribution < 1.29 is 4.42 Å². The van der Waals surface area contributed by atoms with E-state index in [4.69, 9.17) is 10.2 Å². The molecular formula is C12H17N3O. The van der Waals surface area contributed by atoms with Crippen molar-refractivity contribution >= 4 is 5.82 Å². The van der Waals surface area contributed by atoms with E-state index < -0.39 is 0 Å². The highest BCUT2D eigenvalue weighted by Crippen LogP contribution is 2.28. The highest BCUT2D eigenvalue weighted by molar-refractivity contribution is 5.64. The van der Waals surface area contributed by atoms with E-state index >= 15 is 0 Å². The summed E-state index contributed by atoms with van der Waals surface area (Å²) in [5.41, 5.74) is 7.87. The largest absolute Gasteiger partial charge is 0.459 e. The molecule has 0 radical (unpaired) electrons. The van der Waals surface area contributed by atoms with Crippen LogP contribution in [0.25, 0.3) is 11.5 Å². The van der Waals surface area contributed by atoms with Crippen LogP contribution in [0.2, 0.25) is 0 Å². The zero-order chi connectivity index (χ0) is 11.7. The van der Waals surface area contributed by atoms with Gasteiger partial charge in [0.25, 0.3) is 0 Å². The second-order valence-electron chi connectivity index (χ2n) is 3.81. The third-order valence-corrected chi connectivity index (χ3v) is 2.79. The number of rotatable bonds is 3. The van der Waals surface area contributed by atoms with Gasteiger partial charge in [0.1, 0.15) is 17.3 Å². The van der Waals surface area contributed by atoms with Gasteiger partial charge >= 0.3 is 0 Å². The van der Waals surface area contributed by atoms with E-state index in [9.17, 15) is 0 Å². The SMILES string of the molecule is CCc1ccc(-c2nn(C)c(N)c2CC)o1. The quantitative estimate of drug-likeness (QED) is 0.862. The van der Waals surface area contributed by atoms with Crippen molar-refractivity contribution in [2.45, 2.75) is 26.7 Å². The van der Waals surface area contributed by atoms with Gasteiger partial charge < -0.3 is 10.2 Å². The third-order valence-electron chi connectivity index (χ3n) is 2.79. The van der Waals surface area contributed by atoms with Gasteiger partial charge in [0.2, 0.25) is 0 Å². The lowest BCUT2D eigenvalue weighted by molar-refractivity contribution is 0.526. The fraction of sp³-hybridized carbons (Fsp3) is 0.417. The molecular weight excluding hydrogens is 202 g/mol. The average molecular weight is 219 g/mol. The second-order valence-corrected chi connectivity index (χ2v) is 3.81. The summed E-state index contributed by atoms with van der Waals surface area (Å²) in [6, 6.07) is 3.94. The van der Waals surface area contributed by atoms with Crippen molar-refractivity contribution in [2.75, 3.05) is 5.73 Å². The molecule has 2 N–H and O–H groups in total. The number of furan rings is 1. The molecule has 0 spiro atoms. The van der Waals surface area contributed by atoms with Crippen molar-refractivity contribution in [1.82, 2.24) is 9.78 Å². The summed E-state index contributed by atoms with van der Waals surface area (Å²) < 4.78 is 7.40. The number of nitrogen functional groups attached to an aromatic ring is 1. The molecule has 2 heterocycles.